The van der Waals surface area contributed by atoms with Gasteiger partial charge in [-0.05, 0) is 93.8 Å². The number of aliphatic hydroxyl groups excluding tert-OH is 9. The van der Waals surface area contributed by atoms with Gasteiger partial charge in [-0.3, -0.25) is 9.59 Å². The van der Waals surface area contributed by atoms with Gasteiger partial charge in [-0.25, -0.2) is 0 Å². The highest BCUT2D eigenvalue weighted by Gasteiger charge is 2.79. The number of allylic oxidation sites excluding steroid dienone is 2. The van der Waals surface area contributed by atoms with Gasteiger partial charge in [0.15, 0.2) is 25.2 Å². The Morgan fingerprint density at radius 3 is 2.08 bits per heavy atom. The number of hydrogen-bond donors (Lipinski definition) is 9. The molecule has 0 radical (unpaired) electrons. The second kappa shape index (κ2) is 22.3. The molecule has 4 aliphatic carbocycles. The molecule has 3 saturated carbocycles. The van der Waals surface area contributed by atoms with Crippen molar-refractivity contribution in [3.05, 3.63) is 11.6 Å². The lowest BCUT2D eigenvalue weighted by atomic mass is 9.41. The summed E-state index contributed by atoms with van der Waals surface area (Å²) in [6, 6.07) is 0. The van der Waals surface area contributed by atoms with E-state index in [1.807, 2.05) is 6.92 Å². The van der Waals surface area contributed by atoms with Crippen molar-refractivity contribution in [1.29, 1.82) is 0 Å². The van der Waals surface area contributed by atoms with Crippen molar-refractivity contribution in [2.24, 2.45) is 45.3 Å². The summed E-state index contributed by atoms with van der Waals surface area (Å²) in [5.41, 5.74) is -1.70. The third-order valence-electron chi connectivity index (χ3n) is 20.2. The second-order valence-electron chi connectivity index (χ2n) is 25.6. The molecule has 0 aromatic rings. The molecular weight excluding hydrogens is 1010 g/mol. The number of fused-ring (bicyclic) bond motifs is 4. The molecule has 440 valence electrons. The number of carbonyl (C=O) groups is 2. The summed E-state index contributed by atoms with van der Waals surface area (Å²) in [6.45, 7) is 16.9. The van der Waals surface area contributed by atoms with Crippen LogP contribution in [-0.2, 0) is 61.7 Å². The Bertz CT molecular complexity index is 2130. The van der Waals surface area contributed by atoms with Gasteiger partial charge in [-0.2, -0.15) is 0 Å². The van der Waals surface area contributed by atoms with E-state index in [4.69, 9.17) is 52.1 Å². The lowest BCUT2D eigenvalue weighted by Gasteiger charge is -2.63. The quantitative estimate of drug-likeness (QED) is 0.0812. The van der Waals surface area contributed by atoms with Crippen LogP contribution in [0.5, 0.6) is 0 Å². The molecule has 1 spiro atoms. The van der Waals surface area contributed by atoms with Crippen molar-refractivity contribution in [2.75, 3.05) is 26.9 Å². The van der Waals surface area contributed by atoms with Crippen LogP contribution in [0, 0.1) is 45.3 Å². The van der Waals surface area contributed by atoms with E-state index >= 15 is 0 Å². The average molecular weight is 1100 g/mol. The fraction of sp³-hybridized carbons (Fsp3) is 0.927. The fourth-order valence-corrected chi connectivity index (χ4v) is 16.3. The summed E-state index contributed by atoms with van der Waals surface area (Å²) in [7, 11) is 1.27. The minimum absolute atomic E-state index is 0.0852. The van der Waals surface area contributed by atoms with Crippen LogP contribution >= 0.6 is 0 Å². The number of esters is 2. The third kappa shape index (κ3) is 10.1. The van der Waals surface area contributed by atoms with Gasteiger partial charge >= 0.3 is 11.9 Å². The number of rotatable bonds is 15. The Hall–Kier alpha value is -2.04. The topological polar surface area (TPSA) is 318 Å². The van der Waals surface area contributed by atoms with Crippen LogP contribution < -0.4 is 0 Å². The van der Waals surface area contributed by atoms with Gasteiger partial charge in [0.2, 0.25) is 0 Å². The molecule has 22 heteroatoms. The van der Waals surface area contributed by atoms with Crippen LogP contribution in [-0.4, -0.2) is 213 Å². The Kier molecular flexibility index (Phi) is 17.2. The third-order valence-corrected chi connectivity index (χ3v) is 20.2. The summed E-state index contributed by atoms with van der Waals surface area (Å²) in [5.74, 6) is -0.121. The van der Waals surface area contributed by atoms with Gasteiger partial charge in [-0.1, -0.05) is 59.6 Å². The van der Waals surface area contributed by atoms with Crippen LogP contribution in [0.25, 0.3) is 0 Å². The van der Waals surface area contributed by atoms with E-state index < -0.39 is 151 Å². The van der Waals surface area contributed by atoms with Gasteiger partial charge in [-0.15, -0.1) is 0 Å². The minimum Gasteiger partial charge on any atom is -0.462 e. The van der Waals surface area contributed by atoms with E-state index in [1.54, 1.807) is 0 Å². The Labute approximate surface area is 450 Å². The largest absolute Gasteiger partial charge is 0.462 e. The molecule has 0 aromatic carbocycles. The summed E-state index contributed by atoms with van der Waals surface area (Å²) < 4.78 is 66.1. The summed E-state index contributed by atoms with van der Waals surface area (Å²) in [5, 5.41) is 99.1. The number of methoxy groups -OCH3 is 1. The molecule has 0 aromatic heterocycles. The minimum atomic E-state index is -1.87. The smallest absolute Gasteiger partial charge is 0.314 e. The molecule has 9 rings (SSSR count). The van der Waals surface area contributed by atoms with Gasteiger partial charge in [0.05, 0.1) is 43.4 Å². The molecule has 9 aliphatic rings. The number of ether oxygens (including phenoxy) is 11. The molecular formula is C55H88O22. The van der Waals surface area contributed by atoms with Crippen molar-refractivity contribution in [3.8, 4) is 0 Å². The average Bonchev–Trinajstić information content (AvgIpc) is 3.85. The van der Waals surface area contributed by atoms with Crippen molar-refractivity contribution in [1.82, 2.24) is 0 Å². The molecule has 77 heavy (non-hydrogen) atoms. The predicted molar refractivity (Wildman–Crippen MR) is 265 cm³/mol. The predicted octanol–water partition coefficient (Wildman–Crippen LogP) is 0.873. The van der Waals surface area contributed by atoms with E-state index in [0.29, 0.717) is 38.0 Å². The normalized spacial score (nSPS) is 51.5. The maximum Gasteiger partial charge on any atom is 0.314 e. The molecule has 5 aliphatic heterocycles. The van der Waals surface area contributed by atoms with E-state index in [2.05, 4.69) is 47.6 Å². The Morgan fingerprint density at radius 2 is 1.40 bits per heavy atom. The molecule has 5 saturated heterocycles. The Morgan fingerprint density at radius 1 is 0.753 bits per heavy atom. The maximum absolute atomic E-state index is 14.6. The highest BCUT2D eigenvalue weighted by molar-refractivity contribution is 5.84. The van der Waals surface area contributed by atoms with Crippen LogP contribution in [0.4, 0.5) is 0 Å². The summed E-state index contributed by atoms with van der Waals surface area (Å²) >= 11 is 0. The van der Waals surface area contributed by atoms with Gasteiger partial charge in [0.1, 0.15) is 91.1 Å². The Balaban J connectivity index is 0.884. The van der Waals surface area contributed by atoms with E-state index in [0.717, 1.165) is 25.7 Å². The zero-order valence-electron chi connectivity index (χ0n) is 46.3. The number of cyclic esters (lactones) is 1. The number of aliphatic hydroxyl groups is 9. The van der Waals surface area contributed by atoms with Gasteiger partial charge < -0.3 is 98.1 Å². The zero-order valence-corrected chi connectivity index (χ0v) is 46.3. The maximum atomic E-state index is 14.6. The molecule has 22 nitrogen and oxygen atoms in total. The molecule has 27 atom stereocenters. The summed E-state index contributed by atoms with van der Waals surface area (Å²) in [6.07, 6.45) is -19.2. The molecule has 8 fully saturated rings. The van der Waals surface area contributed by atoms with Crippen LogP contribution in [0.1, 0.15) is 120 Å². The van der Waals surface area contributed by atoms with Gasteiger partial charge in [0, 0.05) is 19.4 Å². The molecule has 10 unspecified atom stereocenters. The van der Waals surface area contributed by atoms with Crippen molar-refractivity contribution in [3.63, 3.8) is 0 Å². The van der Waals surface area contributed by atoms with Crippen molar-refractivity contribution in [2.45, 2.75) is 249 Å². The van der Waals surface area contributed by atoms with Crippen LogP contribution in [0.15, 0.2) is 11.6 Å². The molecule has 5 heterocycles. The summed E-state index contributed by atoms with van der Waals surface area (Å²) in [4.78, 5) is 27.4. The second-order valence-corrected chi connectivity index (χ2v) is 25.6. The van der Waals surface area contributed by atoms with Crippen LogP contribution in [0.3, 0.4) is 0 Å². The van der Waals surface area contributed by atoms with Crippen molar-refractivity contribution < 1.29 is 108 Å². The first-order chi connectivity index (χ1) is 36.2. The van der Waals surface area contributed by atoms with E-state index in [1.165, 1.54) is 26.5 Å². The van der Waals surface area contributed by atoms with Crippen LogP contribution in [0.2, 0.25) is 0 Å². The fourth-order valence-electron chi connectivity index (χ4n) is 16.3. The number of hydrogen-bond acceptors (Lipinski definition) is 22. The first-order valence-electron chi connectivity index (χ1n) is 28.0. The lowest BCUT2D eigenvalue weighted by molar-refractivity contribution is -0.387. The molecule has 0 amide bonds. The highest BCUT2D eigenvalue weighted by Crippen LogP contribution is 2.77. The highest BCUT2D eigenvalue weighted by atomic mass is 16.8. The van der Waals surface area contributed by atoms with E-state index in [-0.39, 0.29) is 48.3 Å². The van der Waals surface area contributed by atoms with E-state index in [9.17, 15) is 55.5 Å². The monoisotopic (exact) mass is 1100 g/mol. The molecule has 9 N–H and O–H groups in total. The first-order valence-corrected chi connectivity index (χ1v) is 28.0. The van der Waals surface area contributed by atoms with Gasteiger partial charge in [0.25, 0.3) is 0 Å². The zero-order chi connectivity index (χ0) is 56.1. The molecule has 0 bridgehead atoms. The SMILES string of the molecule is CO[C@H]1C(O)[C@H](O[C@H]2C(O)[C@H](O[C@@H]3C(C)O[C@@H](OC4[C@H](O[C@H]5CC[C@]6(C)C7CCC89C(=O)O[C@@](C)(CCCC(C)C)C8[C@@H](OC(C)=O)C[C@@]9(C)C7=CCC6C5(C)C)OC[C@@H](O)[C@H]4O)C(O)[C@@H]3O)OC(CO)[C@H]2O)OC[C@H]1O. The van der Waals surface area contributed by atoms with Crippen molar-refractivity contribution >= 4 is 11.9 Å². The lowest BCUT2D eigenvalue weighted by Crippen LogP contribution is -2.66. The first kappa shape index (κ1) is 59.6. The standard InChI is InChI=1S/C55H88O22/c1-24(2)12-11-17-54(9)45-31(71-26(4)57)20-53(8)28-13-14-33-51(5,6)34(16-18-52(33,7)27(28)15-19-55(45,53)50(66)77-54)73-49-44(35(60)29(58)22-69-49)76-47-38(63)37(62)41(25(3)70-47)74-48-40(65)43(36(61)32(21-56)72-48)75-46-39(64)42(67-10)30(59)23-68-46/h13,24-25,27,29-49,56,58-65H,11-12,14-23H2,1-10H3/t25?,27?,29-,30-,31+,32?,33?,34+,35-,36-,37+,38?,39?,40?,41-,42-,43-,44?,45?,46+,47+,48+,49+,52-,53+,54+,55?/m1/s1. The number of carbonyl (C=O) groups excluding carboxylic acids is 2.